The Hall–Kier alpha value is 0.640. The summed E-state index contributed by atoms with van der Waals surface area (Å²) in [5.74, 6) is 0.0322. The Balaban J connectivity index is 0.00000272. The van der Waals surface area contributed by atoms with Crippen LogP contribution in [0.5, 0.6) is 0 Å². The van der Waals surface area contributed by atoms with Gasteiger partial charge < -0.3 is 40.3 Å². The zero-order valence-electron chi connectivity index (χ0n) is 16.8. The molecule has 0 bridgehead atoms. The number of nitrogens with two attached hydrogens (primary N) is 1. The van der Waals surface area contributed by atoms with Gasteiger partial charge in [0.2, 0.25) is 0 Å². The van der Waals surface area contributed by atoms with Crippen LogP contribution in [-0.4, -0.2) is 64.4 Å². The summed E-state index contributed by atoms with van der Waals surface area (Å²) in [7, 11) is -17.4. The van der Waals surface area contributed by atoms with E-state index in [-0.39, 0.29) is 76.1 Å². The molecular weight excluding hydrogens is 537 g/mol. The van der Waals surface area contributed by atoms with Crippen LogP contribution in [0.1, 0.15) is 6.23 Å². The van der Waals surface area contributed by atoms with Crippen molar-refractivity contribution >= 4 is 40.4 Å². The molecule has 2 aromatic heterocycles. The number of hydrogen-bond donors (Lipinski definition) is 5. The largest absolute Gasteiger partial charge is 1.00 e. The van der Waals surface area contributed by atoms with Crippen LogP contribution in [0.4, 0.5) is 5.82 Å². The number of rotatable bonds is 8. The average Bonchev–Trinajstić information content (AvgIpc) is 3.13. The van der Waals surface area contributed by atoms with Crippen molar-refractivity contribution in [3.63, 3.8) is 0 Å². The van der Waals surface area contributed by atoms with Crippen molar-refractivity contribution < 1.29 is 120 Å². The SMILES string of the molecule is Nc1ncnc2c1ncn2[C@@H]1O[C@H](COP(=O)(O)OP(=O)([O-])OP(=O)([O-])O)C(O)[C@@H]1O.[Na+].[Na+]. The number of imidazole rings is 1. The summed E-state index contributed by atoms with van der Waals surface area (Å²) in [4.78, 5) is 51.0. The van der Waals surface area contributed by atoms with E-state index < -0.39 is 54.6 Å². The second-order valence-electron chi connectivity index (χ2n) is 5.97. The molecule has 23 heteroatoms. The third-order valence-electron chi connectivity index (χ3n) is 3.81. The van der Waals surface area contributed by atoms with Gasteiger partial charge in [0, 0.05) is 0 Å². The van der Waals surface area contributed by atoms with Crippen LogP contribution in [0.15, 0.2) is 12.7 Å². The summed E-state index contributed by atoms with van der Waals surface area (Å²) < 4.78 is 51.0. The van der Waals surface area contributed by atoms with Gasteiger partial charge in [-0.15, -0.1) is 0 Å². The molecule has 6 N–H and O–H groups in total. The number of anilines is 1. The minimum Gasteiger partial charge on any atom is -0.756 e. The molecule has 2 aromatic rings. The number of aromatic nitrogens is 4. The third kappa shape index (κ3) is 8.06. The van der Waals surface area contributed by atoms with Crippen molar-refractivity contribution in [2.75, 3.05) is 12.3 Å². The molecule has 1 aliphatic heterocycles. The molecule has 1 saturated heterocycles. The molecule has 174 valence electrons. The van der Waals surface area contributed by atoms with E-state index in [9.17, 15) is 38.6 Å². The fourth-order valence-electron chi connectivity index (χ4n) is 2.61. The first kappa shape index (κ1) is 31.7. The first-order valence-corrected chi connectivity index (χ1v) is 12.3. The summed E-state index contributed by atoms with van der Waals surface area (Å²) >= 11 is 0. The number of ether oxygens (including phenoxy) is 1. The number of nitrogen functional groups attached to an aromatic ring is 1. The summed E-state index contributed by atoms with van der Waals surface area (Å²) in [6.45, 7) is -1.000. The van der Waals surface area contributed by atoms with Gasteiger partial charge >= 0.3 is 66.9 Å². The first-order valence-electron chi connectivity index (χ1n) is 7.88. The first-order chi connectivity index (χ1) is 14.2. The number of phosphoric acid groups is 3. The Morgan fingerprint density at radius 1 is 1.09 bits per heavy atom. The number of phosphoric ester groups is 1. The number of hydrogen-bond acceptors (Lipinski definition) is 15. The van der Waals surface area contributed by atoms with Crippen LogP contribution in [-0.2, 0) is 31.6 Å². The summed E-state index contributed by atoms with van der Waals surface area (Å²) in [6.07, 6.45) is -3.81. The van der Waals surface area contributed by atoms with Crippen LogP contribution >= 0.6 is 23.5 Å². The minimum atomic E-state index is -6.01. The predicted molar refractivity (Wildman–Crippen MR) is 91.0 cm³/mol. The normalized spacial score (nSPS) is 28.2. The molecule has 0 radical (unpaired) electrons. The molecule has 0 saturated carbocycles. The molecule has 7 atom stereocenters. The van der Waals surface area contributed by atoms with Gasteiger partial charge in [-0.05, 0) is 0 Å². The van der Waals surface area contributed by atoms with E-state index in [0.717, 1.165) is 6.33 Å². The Labute approximate surface area is 228 Å². The molecular formula is C10H14N5Na2O13P3. The maximum absolute atomic E-state index is 11.7. The van der Waals surface area contributed by atoms with Gasteiger partial charge in [0.1, 0.15) is 30.2 Å². The minimum absolute atomic E-state index is 0. The Bertz CT molecular complexity index is 1120. The quantitative estimate of drug-likeness (QED) is 0.150. The van der Waals surface area contributed by atoms with E-state index in [1.807, 2.05) is 0 Å². The maximum atomic E-state index is 11.7. The van der Waals surface area contributed by atoms with Gasteiger partial charge in [-0.3, -0.25) is 18.2 Å². The smallest absolute Gasteiger partial charge is 0.756 e. The van der Waals surface area contributed by atoms with Crippen molar-refractivity contribution in [2.45, 2.75) is 24.5 Å². The van der Waals surface area contributed by atoms with Crippen LogP contribution in [0.2, 0.25) is 0 Å². The number of aliphatic hydroxyl groups is 2. The number of nitrogens with zero attached hydrogens (tertiary/aromatic N) is 4. The summed E-state index contributed by atoms with van der Waals surface area (Å²) in [5.41, 5.74) is 5.97. The molecule has 18 nitrogen and oxygen atoms in total. The van der Waals surface area contributed by atoms with Crippen LogP contribution in [0.3, 0.4) is 0 Å². The summed E-state index contributed by atoms with van der Waals surface area (Å²) in [5, 5.41) is 20.4. The fourth-order valence-corrected chi connectivity index (χ4v) is 5.55. The summed E-state index contributed by atoms with van der Waals surface area (Å²) in [6, 6.07) is 0. The van der Waals surface area contributed by atoms with Gasteiger partial charge in [0.05, 0.1) is 12.9 Å². The molecule has 0 spiro atoms. The zero-order chi connectivity index (χ0) is 23.2. The molecule has 0 aromatic carbocycles. The maximum Gasteiger partial charge on any atom is 1.00 e. The molecule has 1 fully saturated rings. The molecule has 33 heavy (non-hydrogen) atoms. The topological polar surface area (TPSA) is 285 Å². The van der Waals surface area contributed by atoms with Crippen molar-refractivity contribution in [3.05, 3.63) is 12.7 Å². The van der Waals surface area contributed by atoms with Crippen LogP contribution < -0.4 is 74.6 Å². The monoisotopic (exact) mass is 551 g/mol. The van der Waals surface area contributed by atoms with Crippen molar-refractivity contribution in [1.29, 1.82) is 0 Å². The van der Waals surface area contributed by atoms with Crippen molar-refractivity contribution in [3.8, 4) is 0 Å². The van der Waals surface area contributed by atoms with E-state index >= 15 is 0 Å². The molecule has 4 unspecified atom stereocenters. The van der Waals surface area contributed by atoms with Crippen molar-refractivity contribution in [1.82, 2.24) is 19.5 Å². The Morgan fingerprint density at radius 2 is 1.73 bits per heavy atom. The number of fused-ring (bicyclic) bond motifs is 1. The van der Waals surface area contributed by atoms with Gasteiger partial charge in [-0.2, -0.15) is 0 Å². The van der Waals surface area contributed by atoms with E-state index in [0.29, 0.717) is 0 Å². The second kappa shape index (κ2) is 11.8. The van der Waals surface area contributed by atoms with E-state index in [4.69, 9.17) is 15.4 Å². The fraction of sp³-hybridized carbons (Fsp3) is 0.500. The third-order valence-corrected chi connectivity index (χ3v) is 7.53. The average molecular weight is 551 g/mol. The van der Waals surface area contributed by atoms with Gasteiger partial charge in [0.15, 0.2) is 17.7 Å². The van der Waals surface area contributed by atoms with Crippen LogP contribution in [0, 0.1) is 0 Å². The molecule has 3 heterocycles. The standard InChI is InChI=1S/C10H16N5O13P3.2Na/c11-8-5-9(13-2-12-8)15(3-14-5)10-7(17)6(16)4(26-10)1-25-30(21,22)28-31(23,24)27-29(18,19)20;;/h2-4,6-7,10,16-17H,1H2,(H,21,22)(H,23,24)(H2,11,12,13)(H2,18,19,20);;/q;2*+1/p-2/t4-,6?,7+,10-;;/m1../s1. The molecule has 3 rings (SSSR count). The molecule has 0 amide bonds. The van der Waals surface area contributed by atoms with Gasteiger partial charge in [-0.25, -0.2) is 28.1 Å². The van der Waals surface area contributed by atoms with E-state index in [1.54, 1.807) is 0 Å². The van der Waals surface area contributed by atoms with Crippen LogP contribution in [0.25, 0.3) is 11.2 Å². The Kier molecular flexibility index (Phi) is 11.3. The van der Waals surface area contributed by atoms with Gasteiger partial charge in [0.25, 0.3) is 15.6 Å². The Morgan fingerprint density at radius 3 is 2.33 bits per heavy atom. The van der Waals surface area contributed by atoms with E-state index in [1.165, 1.54) is 10.9 Å². The molecule has 0 aliphatic carbocycles. The zero-order valence-corrected chi connectivity index (χ0v) is 23.5. The number of aliphatic hydroxyl groups excluding tert-OH is 2. The second-order valence-corrected chi connectivity index (χ2v) is 10.3. The van der Waals surface area contributed by atoms with E-state index in [2.05, 4.69) is 28.1 Å². The predicted octanol–water partition coefficient (Wildman–Crippen LogP) is -8.89. The molecule has 1 aliphatic rings. The van der Waals surface area contributed by atoms with Crippen molar-refractivity contribution in [2.24, 2.45) is 0 Å². The van der Waals surface area contributed by atoms with Gasteiger partial charge in [-0.1, -0.05) is 0 Å².